The Kier molecular flexibility index (Phi) is 6.66. The number of anilines is 1. The van der Waals surface area contributed by atoms with Crippen LogP contribution in [0.3, 0.4) is 0 Å². The average molecular weight is 430 g/mol. The summed E-state index contributed by atoms with van der Waals surface area (Å²) in [7, 11) is 4.19. The van der Waals surface area contributed by atoms with Crippen molar-refractivity contribution in [1.29, 1.82) is 0 Å². The number of carbonyl (C=O) groups is 1. The first-order chi connectivity index (χ1) is 15.5. The minimum absolute atomic E-state index is 0.247. The fraction of sp³-hybridized carbons (Fsp3) is 0.222. The summed E-state index contributed by atoms with van der Waals surface area (Å²) in [6.45, 7) is 2.07. The highest BCUT2D eigenvalue weighted by molar-refractivity contribution is 6.04. The number of nitrogens with zero attached hydrogens (tertiary/aromatic N) is 2. The van der Waals surface area contributed by atoms with Crippen molar-refractivity contribution in [2.75, 3.05) is 26.0 Å². The summed E-state index contributed by atoms with van der Waals surface area (Å²) in [6, 6.07) is 22.2. The van der Waals surface area contributed by atoms with E-state index in [1.807, 2.05) is 18.2 Å². The number of aryl methyl sites for hydroxylation is 1. The molecule has 32 heavy (non-hydrogen) atoms. The van der Waals surface area contributed by atoms with Crippen LogP contribution in [0.5, 0.6) is 0 Å². The number of nitrogens with one attached hydrogen (secondary N) is 1. The van der Waals surface area contributed by atoms with Gasteiger partial charge in [-0.3, -0.25) is 4.79 Å². The Hall–Kier alpha value is -3.44. The van der Waals surface area contributed by atoms with Crippen LogP contribution in [0.15, 0.2) is 79.0 Å². The van der Waals surface area contributed by atoms with Gasteiger partial charge in [-0.2, -0.15) is 0 Å². The number of halogens is 1. The molecule has 164 valence electrons. The van der Waals surface area contributed by atoms with Crippen molar-refractivity contribution >= 4 is 22.5 Å². The lowest BCUT2D eigenvalue weighted by Gasteiger charge is -2.11. The van der Waals surface area contributed by atoms with E-state index in [1.165, 1.54) is 28.6 Å². The molecule has 1 N–H and O–H groups in total. The lowest BCUT2D eigenvalue weighted by molar-refractivity contribution is 0.102. The van der Waals surface area contributed by atoms with Gasteiger partial charge in [-0.1, -0.05) is 24.3 Å². The van der Waals surface area contributed by atoms with E-state index in [4.69, 9.17) is 0 Å². The third-order valence-corrected chi connectivity index (χ3v) is 5.52. The second-order valence-electron chi connectivity index (χ2n) is 8.40. The van der Waals surface area contributed by atoms with E-state index in [-0.39, 0.29) is 11.7 Å². The largest absolute Gasteiger partial charge is 0.347 e. The zero-order chi connectivity index (χ0) is 22.5. The third kappa shape index (κ3) is 5.42. The van der Waals surface area contributed by atoms with Crippen molar-refractivity contribution in [3.8, 4) is 0 Å². The Bertz CT molecular complexity index is 1230. The molecule has 0 aliphatic heterocycles. The summed E-state index contributed by atoms with van der Waals surface area (Å²) in [6.07, 6.45) is 4.01. The molecule has 4 nitrogen and oxygen atoms in total. The van der Waals surface area contributed by atoms with E-state index < -0.39 is 0 Å². The van der Waals surface area contributed by atoms with Crippen LogP contribution in [0.1, 0.15) is 27.9 Å². The van der Waals surface area contributed by atoms with Crippen LogP contribution < -0.4 is 5.32 Å². The van der Waals surface area contributed by atoms with Gasteiger partial charge in [0.25, 0.3) is 5.91 Å². The number of carbonyl (C=O) groups excluding carboxylic acids is 1. The van der Waals surface area contributed by atoms with Crippen LogP contribution in [-0.4, -0.2) is 36.0 Å². The van der Waals surface area contributed by atoms with Gasteiger partial charge in [0.2, 0.25) is 0 Å². The molecular formula is C27H28FN3O. The van der Waals surface area contributed by atoms with Gasteiger partial charge >= 0.3 is 0 Å². The quantitative estimate of drug-likeness (QED) is 0.397. The summed E-state index contributed by atoms with van der Waals surface area (Å²) in [5, 5.41) is 3.99. The predicted molar refractivity (Wildman–Crippen MR) is 129 cm³/mol. The molecule has 0 spiro atoms. The molecule has 0 aliphatic rings. The Morgan fingerprint density at radius 2 is 1.78 bits per heavy atom. The molecule has 0 radical (unpaired) electrons. The number of benzene rings is 3. The van der Waals surface area contributed by atoms with Gasteiger partial charge in [0.15, 0.2) is 0 Å². The minimum Gasteiger partial charge on any atom is -0.347 e. The first kappa shape index (κ1) is 21.8. The van der Waals surface area contributed by atoms with Crippen LogP contribution in [0.4, 0.5) is 10.1 Å². The standard InChI is InChI=1S/C27H28FN3O/c1-30(2)13-5-14-31-15-12-22-17-21(10-11-26(22)31)16-20-6-3-7-23(18-20)27(32)29-25-9-4-8-24(28)19-25/h3-4,6-12,15,17-19H,5,13-14,16H2,1-2H3,(H,29,32). The van der Waals surface area contributed by atoms with E-state index in [1.54, 1.807) is 18.2 Å². The smallest absolute Gasteiger partial charge is 0.255 e. The van der Waals surface area contributed by atoms with Crippen molar-refractivity contribution in [3.63, 3.8) is 0 Å². The fourth-order valence-corrected chi connectivity index (χ4v) is 3.94. The lowest BCUT2D eigenvalue weighted by Crippen LogP contribution is -2.14. The van der Waals surface area contributed by atoms with E-state index in [0.29, 0.717) is 11.3 Å². The van der Waals surface area contributed by atoms with Crippen molar-refractivity contribution in [2.24, 2.45) is 0 Å². The summed E-state index contributed by atoms with van der Waals surface area (Å²) >= 11 is 0. The topological polar surface area (TPSA) is 37.3 Å². The number of aromatic nitrogens is 1. The van der Waals surface area contributed by atoms with Crippen molar-refractivity contribution in [3.05, 3.63) is 102 Å². The fourth-order valence-electron chi connectivity index (χ4n) is 3.94. The molecule has 5 heteroatoms. The molecule has 0 saturated heterocycles. The first-order valence-electron chi connectivity index (χ1n) is 10.9. The van der Waals surface area contributed by atoms with Gasteiger partial charge < -0.3 is 14.8 Å². The molecule has 0 fully saturated rings. The number of amides is 1. The van der Waals surface area contributed by atoms with Crippen LogP contribution in [-0.2, 0) is 13.0 Å². The Morgan fingerprint density at radius 3 is 2.59 bits per heavy atom. The van der Waals surface area contributed by atoms with Crippen LogP contribution in [0.2, 0.25) is 0 Å². The number of rotatable bonds is 8. The average Bonchev–Trinajstić information content (AvgIpc) is 3.16. The predicted octanol–water partition coefficient (Wildman–Crippen LogP) is 5.58. The van der Waals surface area contributed by atoms with Gasteiger partial charge in [-0.25, -0.2) is 4.39 Å². The Balaban J connectivity index is 1.45. The molecule has 4 aromatic rings. The van der Waals surface area contributed by atoms with Crippen molar-refractivity contribution in [1.82, 2.24) is 9.47 Å². The zero-order valence-corrected chi connectivity index (χ0v) is 18.5. The molecule has 0 atom stereocenters. The highest BCUT2D eigenvalue weighted by Crippen LogP contribution is 2.21. The molecule has 1 heterocycles. The number of hydrogen-bond donors (Lipinski definition) is 1. The maximum Gasteiger partial charge on any atom is 0.255 e. The van der Waals surface area contributed by atoms with Gasteiger partial charge in [-0.15, -0.1) is 0 Å². The molecule has 1 aromatic heterocycles. The highest BCUT2D eigenvalue weighted by Gasteiger charge is 2.09. The molecule has 1 amide bonds. The lowest BCUT2D eigenvalue weighted by atomic mass is 10.0. The van der Waals surface area contributed by atoms with E-state index in [9.17, 15) is 9.18 Å². The Labute approximate surface area is 188 Å². The summed E-state index contributed by atoms with van der Waals surface area (Å²) in [5.41, 5.74) is 4.50. The van der Waals surface area contributed by atoms with Crippen molar-refractivity contribution < 1.29 is 9.18 Å². The molecular weight excluding hydrogens is 401 g/mol. The molecule has 3 aromatic carbocycles. The van der Waals surface area contributed by atoms with Crippen LogP contribution in [0, 0.1) is 5.82 Å². The van der Waals surface area contributed by atoms with Crippen molar-refractivity contribution in [2.45, 2.75) is 19.4 Å². The number of fused-ring (bicyclic) bond motifs is 1. The second-order valence-corrected chi connectivity index (χ2v) is 8.40. The van der Waals surface area contributed by atoms with E-state index >= 15 is 0 Å². The molecule has 0 aliphatic carbocycles. The second kappa shape index (κ2) is 9.79. The highest BCUT2D eigenvalue weighted by atomic mass is 19.1. The van der Waals surface area contributed by atoms with Crippen LogP contribution in [0.25, 0.3) is 10.9 Å². The number of hydrogen-bond acceptors (Lipinski definition) is 2. The van der Waals surface area contributed by atoms with Gasteiger partial charge in [-0.05, 0) is 98.5 Å². The molecule has 0 unspecified atom stereocenters. The maximum atomic E-state index is 13.4. The summed E-state index contributed by atoms with van der Waals surface area (Å²) in [4.78, 5) is 14.8. The first-order valence-corrected chi connectivity index (χ1v) is 10.9. The van der Waals surface area contributed by atoms with Gasteiger partial charge in [0, 0.05) is 29.5 Å². The Morgan fingerprint density at radius 1 is 0.969 bits per heavy atom. The normalized spacial score (nSPS) is 11.2. The summed E-state index contributed by atoms with van der Waals surface area (Å²) in [5.74, 6) is -0.624. The zero-order valence-electron chi connectivity index (χ0n) is 18.5. The SMILES string of the molecule is CN(C)CCCn1ccc2cc(Cc3cccc(C(=O)Nc4cccc(F)c4)c3)ccc21. The minimum atomic E-state index is -0.376. The van der Waals surface area contributed by atoms with Gasteiger partial charge in [0.1, 0.15) is 5.82 Å². The van der Waals surface area contributed by atoms with E-state index in [2.05, 4.69) is 59.3 Å². The van der Waals surface area contributed by atoms with E-state index in [0.717, 1.165) is 31.5 Å². The molecule has 4 rings (SSSR count). The maximum absolute atomic E-state index is 13.4. The third-order valence-electron chi connectivity index (χ3n) is 5.52. The van der Waals surface area contributed by atoms with Gasteiger partial charge in [0.05, 0.1) is 0 Å². The molecule has 0 saturated carbocycles. The molecule has 0 bridgehead atoms. The summed E-state index contributed by atoms with van der Waals surface area (Å²) < 4.78 is 15.7. The van der Waals surface area contributed by atoms with Crippen LogP contribution >= 0.6 is 0 Å². The monoisotopic (exact) mass is 429 g/mol.